The van der Waals surface area contributed by atoms with E-state index < -0.39 is 48.7 Å². The Bertz CT molecular complexity index is 352. The van der Waals surface area contributed by atoms with Gasteiger partial charge in [0, 0.05) is 0 Å². The first kappa shape index (κ1) is 20.9. The van der Waals surface area contributed by atoms with Crippen LogP contribution in [0.2, 0.25) is 0 Å². The van der Waals surface area contributed by atoms with Gasteiger partial charge < -0.3 is 39.8 Å². The van der Waals surface area contributed by atoms with Crippen molar-refractivity contribution < 1.29 is 44.6 Å². The maximum absolute atomic E-state index is 11.3. The number of ether oxygens (including phenoxy) is 2. The van der Waals surface area contributed by atoms with E-state index in [2.05, 4.69) is 4.74 Å². The van der Waals surface area contributed by atoms with Crippen molar-refractivity contribution in [2.45, 2.75) is 56.9 Å². The summed E-state index contributed by atoms with van der Waals surface area (Å²) < 4.78 is 9.77. The topological polar surface area (TPSA) is 154 Å². The van der Waals surface area contributed by atoms with Gasteiger partial charge in [-0.15, -0.1) is 0 Å². The van der Waals surface area contributed by atoms with Crippen LogP contribution in [0.25, 0.3) is 0 Å². The number of aldehydes is 1. The third kappa shape index (κ3) is 7.78. The second-order valence-corrected chi connectivity index (χ2v) is 5.75. The number of esters is 1. The van der Waals surface area contributed by atoms with E-state index in [-0.39, 0.29) is 12.9 Å². The minimum absolute atomic E-state index is 0.0309. The van der Waals surface area contributed by atoms with Crippen LogP contribution in [-0.2, 0) is 19.1 Å². The van der Waals surface area contributed by atoms with Crippen molar-refractivity contribution >= 4 is 12.3 Å². The van der Waals surface area contributed by atoms with Crippen molar-refractivity contribution in [3.63, 3.8) is 0 Å². The first-order valence-corrected chi connectivity index (χ1v) is 6.64. The van der Waals surface area contributed by atoms with Crippen LogP contribution in [0.3, 0.4) is 0 Å². The molecule has 0 aliphatic rings. The molecule has 0 amide bonds. The maximum Gasteiger partial charge on any atom is 0.332 e. The van der Waals surface area contributed by atoms with Crippen LogP contribution in [0.1, 0.15) is 20.8 Å². The lowest BCUT2D eigenvalue weighted by atomic mass is 10.00. The molecule has 0 radical (unpaired) electrons. The Kier molecular flexibility index (Phi) is 8.68. The van der Waals surface area contributed by atoms with Crippen LogP contribution >= 0.6 is 0 Å². The molecule has 5 N–H and O–H groups in total. The molecule has 0 saturated heterocycles. The Balaban J connectivity index is 4.27. The molecule has 0 heterocycles. The Hall–Kier alpha value is -1.10. The summed E-state index contributed by atoms with van der Waals surface area (Å²) in [4.78, 5) is 21.6. The molecule has 0 fully saturated rings. The monoisotopic (exact) mass is 324 g/mol. The molecule has 130 valence electrons. The van der Waals surface area contributed by atoms with E-state index in [0.717, 1.165) is 0 Å². The minimum atomic E-state index is -2.00. The lowest BCUT2D eigenvalue weighted by molar-refractivity contribution is -0.167. The van der Waals surface area contributed by atoms with Crippen molar-refractivity contribution in [2.75, 3.05) is 13.2 Å². The quantitative estimate of drug-likeness (QED) is 0.226. The lowest BCUT2D eigenvalue weighted by Crippen LogP contribution is -2.50. The van der Waals surface area contributed by atoms with Gasteiger partial charge in [0.2, 0.25) is 0 Å². The van der Waals surface area contributed by atoms with E-state index in [9.17, 15) is 30.0 Å². The van der Waals surface area contributed by atoms with Gasteiger partial charge in [0.1, 0.15) is 43.7 Å². The summed E-state index contributed by atoms with van der Waals surface area (Å²) >= 11 is 0. The molecule has 0 aliphatic carbocycles. The summed E-state index contributed by atoms with van der Waals surface area (Å²) in [5, 5.41) is 47.0. The number of hydrogen-bond acceptors (Lipinski definition) is 9. The second kappa shape index (κ2) is 9.13. The Morgan fingerprint density at radius 1 is 1.05 bits per heavy atom. The van der Waals surface area contributed by atoms with Crippen LogP contribution in [-0.4, -0.2) is 87.1 Å². The predicted octanol–water partition coefficient (Wildman–Crippen LogP) is -2.65. The average molecular weight is 324 g/mol. The molecule has 0 aliphatic heterocycles. The zero-order valence-electron chi connectivity index (χ0n) is 12.7. The highest BCUT2D eigenvalue weighted by Gasteiger charge is 2.34. The van der Waals surface area contributed by atoms with E-state index in [1.54, 1.807) is 20.8 Å². The van der Waals surface area contributed by atoms with Gasteiger partial charge in [-0.05, 0) is 20.8 Å². The molecule has 5 unspecified atom stereocenters. The van der Waals surface area contributed by atoms with Crippen LogP contribution < -0.4 is 0 Å². The van der Waals surface area contributed by atoms with E-state index in [0.29, 0.717) is 0 Å². The zero-order chi connectivity index (χ0) is 17.5. The highest BCUT2D eigenvalue weighted by atomic mass is 16.6. The van der Waals surface area contributed by atoms with Gasteiger partial charge in [-0.3, -0.25) is 0 Å². The molecule has 0 saturated carbocycles. The van der Waals surface area contributed by atoms with E-state index in [1.165, 1.54) is 0 Å². The molecule has 0 spiro atoms. The lowest BCUT2D eigenvalue weighted by Gasteiger charge is -2.27. The first-order chi connectivity index (χ1) is 9.99. The molecular formula is C13H24O9. The number of carbonyl (C=O) groups excluding carboxylic acids is 2. The number of rotatable bonds is 9. The number of aliphatic hydroxyl groups excluding tert-OH is 5. The van der Waals surface area contributed by atoms with Crippen molar-refractivity contribution in [3.05, 3.63) is 0 Å². The number of hydrogen-bond donors (Lipinski definition) is 5. The van der Waals surface area contributed by atoms with Crippen molar-refractivity contribution in [1.82, 2.24) is 0 Å². The Labute approximate surface area is 128 Å². The van der Waals surface area contributed by atoms with Gasteiger partial charge in [0.25, 0.3) is 0 Å². The van der Waals surface area contributed by atoms with Crippen molar-refractivity contribution in [1.29, 1.82) is 0 Å². The third-order valence-electron chi connectivity index (χ3n) is 2.62. The van der Waals surface area contributed by atoms with E-state index in [1.807, 2.05) is 0 Å². The summed E-state index contributed by atoms with van der Waals surface area (Å²) in [6, 6.07) is 0. The molecule has 9 nitrogen and oxygen atoms in total. The summed E-state index contributed by atoms with van der Waals surface area (Å²) in [7, 11) is 0. The molecule has 5 atom stereocenters. The van der Waals surface area contributed by atoms with E-state index in [4.69, 9.17) is 9.84 Å². The van der Waals surface area contributed by atoms with Gasteiger partial charge in [-0.25, -0.2) is 4.79 Å². The average Bonchev–Trinajstić information content (AvgIpc) is 2.46. The van der Waals surface area contributed by atoms with Gasteiger partial charge in [-0.2, -0.15) is 0 Å². The summed E-state index contributed by atoms with van der Waals surface area (Å²) in [6.07, 6.45) is -9.58. The fourth-order valence-electron chi connectivity index (χ4n) is 1.31. The van der Waals surface area contributed by atoms with Gasteiger partial charge in [0.15, 0.2) is 6.29 Å². The van der Waals surface area contributed by atoms with Gasteiger partial charge in [0.05, 0.1) is 5.60 Å². The van der Waals surface area contributed by atoms with Gasteiger partial charge >= 0.3 is 5.97 Å². The summed E-state index contributed by atoms with van der Waals surface area (Å²) in [5.41, 5.74) is -0.553. The normalized spacial score (nSPS) is 18.9. The molecule has 22 heavy (non-hydrogen) atoms. The highest BCUT2D eigenvalue weighted by Crippen LogP contribution is 2.09. The minimum Gasteiger partial charge on any atom is -0.461 e. The SMILES string of the molecule is CC(C)(C)OCC(=O)OCC(O)C(O)C(O)C(O)C(O)C=O. The summed E-state index contributed by atoms with van der Waals surface area (Å²) in [6.45, 7) is 4.18. The predicted molar refractivity (Wildman–Crippen MR) is 72.8 cm³/mol. The Morgan fingerprint density at radius 3 is 2.05 bits per heavy atom. The standard InChI is InChI=1S/C13H24O9/c1-13(2,3)22-6-9(17)21-5-8(16)11(19)12(20)10(18)7(15)4-14/h4,7-8,10-12,15-16,18-20H,5-6H2,1-3H3. The fraction of sp³-hybridized carbons (Fsp3) is 0.846. The second-order valence-electron chi connectivity index (χ2n) is 5.75. The van der Waals surface area contributed by atoms with Crippen LogP contribution in [0.15, 0.2) is 0 Å². The first-order valence-electron chi connectivity index (χ1n) is 6.64. The number of aliphatic hydroxyl groups is 5. The molecule has 0 aromatic carbocycles. The molecule has 0 rings (SSSR count). The summed E-state index contributed by atoms with van der Waals surface area (Å²) in [5.74, 6) is -0.788. The van der Waals surface area contributed by atoms with E-state index >= 15 is 0 Å². The molecule has 0 aromatic heterocycles. The molecule has 0 aromatic rings. The van der Waals surface area contributed by atoms with Crippen LogP contribution in [0.4, 0.5) is 0 Å². The maximum atomic E-state index is 11.3. The molecular weight excluding hydrogens is 300 g/mol. The molecule has 0 bridgehead atoms. The van der Waals surface area contributed by atoms with Crippen LogP contribution in [0.5, 0.6) is 0 Å². The smallest absolute Gasteiger partial charge is 0.332 e. The fourth-order valence-corrected chi connectivity index (χ4v) is 1.31. The molecule has 9 heteroatoms. The Morgan fingerprint density at radius 2 is 1.59 bits per heavy atom. The van der Waals surface area contributed by atoms with Crippen LogP contribution in [0, 0.1) is 0 Å². The third-order valence-corrected chi connectivity index (χ3v) is 2.62. The van der Waals surface area contributed by atoms with Crippen molar-refractivity contribution in [2.24, 2.45) is 0 Å². The largest absolute Gasteiger partial charge is 0.461 e. The zero-order valence-corrected chi connectivity index (χ0v) is 12.7. The number of carbonyl (C=O) groups is 2. The van der Waals surface area contributed by atoms with Gasteiger partial charge in [-0.1, -0.05) is 0 Å². The highest BCUT2D eigenvalue weighted by molar-refractivity contribution is 5.70. The van der Waals surface area contributed by atoms with Crippen molar-refractivity contribution in [3.8, 4) is 0 Å².